The highest BCUT2D eigenvalue weighted by Crippen LogP contribution is 2.38. The van der Waals surface area contributed by atoms with E-state index in [2.05, 4.69) is 20.4 Å². The zero-order chi connectivity index (χ0) is 23.9. The molecule has 0 fully saturated rings. The fraction of sp³-hybridized carbons (Fsp3) is 0.0800. The Kier molecular flexibility index (Phi) is 5.00. The van der Waals surface area contributed by atoms with Crippen molar-refractivity contribution in [1.29, 1.82) is 0 Å². The molecular formula is C25H18N6O3S. The summed E-state index contributed by atoms with van der Waals surface area (Å²) in [6, 6.07) is 15.0. The standard InChI is InChI=1S/C25H18N6O3S/c1-14-19-16(13-17(18-9-6-12-33-18)27-24(19)34-30-14)23(32)29-25-28-20(15-7-4-3-5-8-15)21(35-25)22-26-10-11-31(22)2/h3-13H,1-2H3,(H,28,29,32). The third kappa shape index (κ3) is 3.69. The minimum atomic E-state index is -0.351. The number of fused-ring (bicyclic) bond motifs is 1. The number of benzene rings is 1. The number of nitrogens with zero attached hydrogens (tertiary/aromatic N) is 5. The summed E-state index contributed by atoms with van der Waals surface area (Å²) in [4.78, 5) is 28.1. The number of thiazole rings is 1. The molecule has 6 aromatic rings. The number of imidazole rings is 1. The lowest BCUT2D eigenvalue weighted by Crippen LogP contribution is -2.13. The van der Waals surface area contributed by atoms with Crippen LogP contribution in [0.4, 0.5) is 5.13 Å². The molecule has 9 nitrogen and oxygen atoms in total. The minimum Gasteiger partial charge on any atom is -0.463 e. The lowest BCUT2D eigenvalue weighted by Gasteiger charge is -2.05. The highest BCUT2D eigenvalue weighted by molar-refractivity contribution is 7.19. The third-order valence-electron chi connectivity index (χ3n) is 5.55. The van der Waals surface area contributed by atoms with Crippen molar-refractivity contribution >= 4 is 33.5 Å². The number of aromatic nitrogens is 5. The van der Waals surface area contributed by atoms with Crippen molar-refractivity contribution in [2.24, 2.45) is 7.05 Å². The van der Waals surface area contributed by atoms with Crippen LogP contribution in [-0.2, 0) is 7.05 Å². The molecule has 0 aliphatic rings. The molecule has 5 aromatic heterocycles. The van der Waals surface area contributed by atoms with E-state index in [-0.39, 0.29) is 11.6 Å². The summed E-state index contributed by atoms with van der Waals surface area (Å²) in [5, 5.41) is 7.95. The number of hydrogen-bond donors (Lipinski definition) is 1. The van der Waals surface area contributed by atoms with E-state index in [1.807, 2.05) is 48.1 Å². The Morgan fingerprint density at radius 2 is 1.97 bits per heavy atom. The normalized spacial score (nSPS) is 11.3. The fourth-order valence-electron chi connectivity index (χ4n) is 3.89. The Balaban J connectivity index is 1.43. The number of carbonyl (C=O) groups is 1. The first-order valence-electron chi connectivity index (χ1n) is 10.7. The maximum Gasteiger partial charge on any atom is 0.259 e. The zero-order valence-corrected chi connectivity index (χ0v) is 19.5. The summed E-state index contributed by atoms with van der Waals surface area (Å²) in [5.41, 5.74) is 3.36. The molecule has 0 aliphatic heterocycles. The van der Waals surface area contributed by atoms with Gasteiger partial charge in [0, 0.05) is 25.0 Å². The van der Waals surface area contributed by atoms with Crippen LogP contribution in [0, 0.1) is 6.92 Å². The van der Waals surface area contributed by atoms with Crippen LogP contribution in [0.25, 0.3) is 44.5 Å². The van der Waals surface area contributed by atoms with Crippen LogP contribution in [0.1, 0.15) is 16.1 Å². The van der Waals surface area contributed by atoms with Gasteiger partial charge in [-0.25, -0.2) is 15.0 Å². The second-order valence-electron chi connectivity index (χ2n) is 7.86. The van der Waals surface area contributed by atoms with Gasteiger partial charge in [0.25, 0.3) is 11.6 Å². The molecule has 0 unspecified atom stereocenters. The maximum absolute atomic E-state index is 13.5. The molecule has 6 rings (SSSR count). The molecule has 0 atom stereocenters. The van der Waals surface area contributed by atoms with Gasteiger partial charge >= 0.3 is 0 Å². The molecule has 0 aliphatic carbocycles. The predicted octanol–water partition coefficient (Wildman–Crippen LogP) is 5.57. The Morgan fingerprint density at radius 1 is 1.11 bits per heavy atom. The molecule has 0 saturated heterocycles. The summed E-state index contributed by atoms with van der Waals surface area (Å²) in [6.45, 7) is 1.77. The third-order valence-corrected chi connectivity index (χ3v) is 6.52. The molecular weight excluding hydrogens is 464 g/mol. The quantitative estimate of drug-likeness (QED) is 0.342. The van der Waals surface area contributed by atoms with E-state index in [0.29, 0.717) is 33.2 Å². The largest absolute Gasteiger partial charge is 0.463 e. The number of pyridine rings is 1. The number of aryl methyl sites for hydroxylation is 2. The molecule has 1 aromatic carbocycles. The van der Waals surface area contributed by atoms with Crippen molar-refractivity contribution < 1.29 is 13.7 Å². The molecule has 35 heavy (non-hydrogen) atoms. The lowest BCUT2D eigenvalue weighted by molar-refractivity contribution is 0.102. The van der Waals surface area contributed by atoms with Gasteiger partial charge in [-0.1, -0.05) is 46.8 Å². The van der Waals surface area contributed by atoms with Gasteiger partial charge in [-0.2, -0.15) is 0 Å². The van der Waals surface area contributed by atoms with Crippen LogP contribution in [0.5, 0.6) is 0 Å². The first kappa shape index (κ1) is 21.0. The SMILES string of the molecule is Cc1noc2nc(-c3ccco3)cc(C(=O)Nc3nc(-c4ccccc4)c(-c4nccn4C)s3)c12. The number of rotatable bonds is 5. The molecule has 1 N–H and O–H groups in total. The smallest absolute Gasteiger partial charge is 0.259 e. The second kappa shape index (κ2) is 8.33. The van der Waals surface area contributed by atoms with E-state index in [4.69, 9.17) is 13.9 Å². The number of furan rings is 1. The summed E-state index contributed by atoms with van der Waals surface area (Å²) in [7, 11) is 1.92. The maximum atomic E-state index is 13.5. The molecule has 0 spiro atoms. The number of amides is 1. The van der Waals surface area contributed by atoms with E-state index >= 15 is 0 Å². The van der Waals surface area contributed by atoms with Gasteiger partial charge in [0.15, 0.2) is 16.7 Å². The highest BCUT2D eigenvalue weighted by Gasteiger charge is 2.23. The average Bonchev–Trinajstić information content (AvgIpc) is 3.67. The lowest BCUT2D eigenvalue weighted by atomic mass is 10.1. The van der Waals surface area contributed by atoms with Gasteiger partial charge < -0.3 is 13.5 Å². The molecule has 0 bridgehead atoms. The van der Waals surface area contributed by atoms with Crippen molar-refractivity contribution in [2.75, 3.05) is 5.32 Å². The first-order chi connectivity index (χ1) is 17.1. The van der Waals surface area contributed by atoms with Crippen molar-refractivity contribution in [3.63, 3.8) is 0 Å². The monoisotopic (exact) mass is 482 g/mol. The summed E-state index contributed by atoms with van der Waals surface area (Å²) >= 11 is 1.36. The van der Waals surface area contributed by atoms with Gasteiger partial charge in [0.2, 0.25) is 0 Å². The molecule has 0 radical (unpaired) electrons. The Bertz CT molecular complexity index is 1660. The van der Waals surface area contributed by atoms with Crippen molar-refractivity contribution in [1.82, 2.24) is 24.7 Å². The predicted molar refractivity (Wildman–Crippen MR) is 132 cm³/mol. The highest BCUT2D eigenvalue weighted by atomic mass is 32.1. The fourth-order valence-corrected chi connectivity index (χ4v) is 4.91. The molecule has 172 valence electrons. The Labute approximate surface area is 203 Å². The van der Waals surface area contributed by atoms with Crippen LogP contribution in [0.2, 0.25) is 0 Å². The molecule has 1 amide bonds. The van der Waals surface area contributed by atoms with E-state index in [1.54, 1.807) is 37.6 Å². The van der Waals surface area contributed by atoms with Gasteiger partial charge in [0.1, 0.15) is 5.69 Å². The van der Waals surface area contributed by atoms with E-state index < -0.39 is 0 Å². The zero-order valence-electron chi connectivity index (χ0n) is 18.7. The minimum absolute atomic E-state index is 0.263. The van der Waals surface area contributed by atoms with Gasteiger partial charge in [-0.3, -0.25) is 10.1 Å². The number of hydrogen-bond acceptors (Lipinski definition) is 8. The van der Waals surface area contributed by atoms with E-state index in [9.17, 15) is 4.79 Å². The van der Waals surface area contributed by atoms with Crippen molar-refractivity contribution in [3.8, 4) is 33.4 Å². The molecule has 5 heterocycles. The summed E-state index contributed by atoms with van der Waals surface area (Å²) in [6.07, 6.45) is 5.16. The second-order valence-corrected chi connectivity index (χ2v) is 8.86. The van der Waals surface area contributed by atoms with Gasteiger partial charge in [-0.15, -0.1) is 0 Å². The Morgan fingerprint density at radius 3 is 2.71 bits per heavy atom. The van der Waals surface area contributed by atoms with Gasteiger partial charge in [-0.05, 0) is 25.1 Å². The number of carbonyl (C=O) groups excluding carboxylic acids is 1. The van der Waals surface area contributed by atoms with Crippen LogP contribution >= 0.6 is 11.3 Å². The van der Waals surface area contributed by atoms with Gasteiger partial charge in [0.05, 0.1) is 33.5 Å². The van der Waals surface area contributed by atoms with Crippen LogP contribution < -0.4 is 5.32 Å². The topological polar surface area (TPSA) is 112 Å². The summed E-state index contributed by atoms with van der Waals surface area (Å²) in [5.74, 6) is 0.937. The summed E-state index contributed by atoms with van der Waals surface area (Å²) < 4.78 is 12.8. The van der Waals surface area contributed by atoms with E-state index in [0.717, 1.165) is 22.0 Å². The number of nitrogens with one attached hydrogen (secondary N) is 1. The van der Waals surface area contributed by atoms with Crippen molar-refractivity contribution in [2.45, 2.75) is 6.92 Å². The molecule has 0 saturated carbocycles. The number of anilines is 1. The van der Waals surface area contributed by atoms with Crippen LogP contribution in [0.15, 0.2) is 76.1 Å². The first-order valence-corrected chi connectivity index (χ1v) is 11.6. The van der Waals surface area contributed by atoms with Crippen LogP contribution in [0.3, 0.4) is 0 Å². The molecule has 10 heteroatoms. The van der Waals surface area contributed by atoms with E-state index in [1.165, 1.54) is 11.3 Å². The Hall–Kier alpha value is -4.57. The average molecular weight is 483 g/mol. The van der Waals surface area contributed by atoms with Crippen LogP contribution in [-0.4, -0.2) is 30.6 Å². The van der Waals surface area contributed by atoms with Crippen molar-refractivity contribution in [3.05, 3.63) is 78.4 Å².